The molecule has 0 aliphatic carbocycles. The van der Waals surface area contributed by atoms with E-state index in [2.05, 4.69) is 22.1 Å². The lowest BCUT2D eigenvalue weighted by atomic mass is 9.90. The lowest BCUT2D eigenvalue weighted by Crippen LogP contribution is -2.40. The van der Waals surface area contributed by atoms with Crippen LogP contribution in [0.15, 0.2) is 30.5 Å². The second-order valence-electron chi connectivity index (χ2n) is 8.32. The largest absolute Gasteiger partial charge is 0.444 e. The SMILES string of the molecule is CC1(CNC(=O)OC(C)(C)C)CCN(c2ncc(-c3ccccc3Cl)s2)C1. The quantitative estimate of drug-likeness (QED) is 0.756. The van der Waals surface area contributed by atoms with Gasteiger partial charge in [-0.2, -0.15) is 0 Å². The summed E-state index contributed by atoms with van der Waals surface area (Å²) in [6.07, 6.45) is 2.51. The van der Waals surface area contributed by atoms with E-state index >= 15 is 0 Å². The average molecular weight is 408 g/mol. The van der Waals surface area contributed by atoms with E-state index < -0.39 is 5.60 Å². The van der Waals surface area contributed by atoms with Gasteiger partial charge in [0.1, 0.15) is 5.60 Å². The van der Waals surface area contributed by atoms with Crippen molar-refractivity contribution in [2.45, 2.75) is 39.7 Å². The molecule has 2 aromatic rings. The highest BCUT2D eigenvalue weighted by atomic mass is 35.5. The minimum absolute atomic E-state index is 0.00682. The molecule has 27 heavy (non-hydrogen) atoms. The van der Waals surface area contributed by atoms with Crippen LogP contribution in [0.1, 0.15) is 34.1 Å². The normalized spacial score (nSPS) is 20.0. The summed E-state index contributed by atoms with van der Waals surface area (Å²) in [4.78, 5) is 19.9. The van der Waals surface area contributed by atoms with Crippen molar-refractivity contribution in [3.63, 3.8) is 0 Å². The number of rotatable bonds is 4. The Hall–Kier alpha value is -1.79. The summed E-state index contributed by atoms with van der Waals surface area (Å²) in [5.41, 5.74) is 0.520. The van der Waals surface area contributed by atoms with Gasteiger partial charge in [-0.05, 0) is 33.3 Å². The van der Waals surface area contributed by atoms with Gasteiger partial charge >= 0.3 is 6.09 Å². The number of benzene rings is 1. The van der Waals surface area contributed by atoms with Crippen molar-refractivity contribution >= 4 is 34.2 Å². The van der Waals surface area contributed by atoms with Gasteiger partial charge in [0.05, 0.1) is 4.88 Å². The number of nitrogens with one attached hydrogen (secondary N) is 1. The van der Waals surface area contributed by atoms with E-state index in [1.165, 1.54) is 0 Å². The second-order valence-corrected chi connectivity index (χ2v) is 9.74. The maximum atomic E-state index is 11.9. The summed E-state index contributed by atoms with van der Waals surface area (Å²) in [6.45, 7) is 10.1. The number of carbonyl (C=O) groups is 1. The first-order chi connectivity index (χ1) is 12.7. The number of thiazole rings is 1. The third-order valence-electron chi connectivity index (χ3n) is 4.52. The highest BCUT2D eigenvalue weighted by molar-refractivity contribution is 7.19. The number of anilines is 1. The molecule has 1 saturated heterocycles. The monoisotopic (exact) mass is 407 g/mol. The van der Waals surface area contributed by atoms with Crippen LogP contribution < -0.4 is 10.2 Å². The Kier molecular flexibility index (Phi) is 5.68. The molecule has 2 heterocycles. The van der Waals surface area contributed by atoms with Gasteiger partial charge < -0.3 is 15.0 Å². The van der Waals surface area contributed by atoms with Crippen molar-refractivity contribution in [1.82, 2.24) is 10.3 Å². The smallest absolute Gasteiger partial charge is 0.407 e. The van der Waals surface area contributed by atoms with Gasteiger partial charge in [0.2, 0.25) is 0 Å². The number of hydrogen-bond acceptors (Lipinski definition) is 5. The van der Waals surface area contributed by atoms with E-state index in [0.29, 0.717) is 6.54 Å². The van der Waals surface area contributed by atoms with Crippen molar-refractivity contribution in [1.29, 1.82) is 0 Å². The number of ether oxygens (including phenoxy) is 1. The highest BCUT2D eigenvalue weighted by Gasteiger charge is 2.35. The van der Waals surface area contributed by atoms with Crippen molar-refractivity contribution in [2.24, 2.45) is 5.41 Å². The molecule has 5 nitrogen and oxygen atoms in total. The molecule has 1 aromatic carbocycles. The summed E-state index contributed by atoms with van der Waals surface area (Å²) in [5.74, 6) is 0. The average Bonchev–Trinajstić information content (AvgIpc) is 3.19. The summed E-state index contributed by atoms with van der Waals surface area (Å²) >= 11 is 7.95. The number of nitrogens with zero attached hydrogens (tertiary/aromatic N) is 2. The zero-order valence-electron chi connectivity index (χ0n) is 16.2. The third kappa shape index (κ3) is 5.14. The highest BCUT2D eigenvalue weighted by Crippen LogP contribution is 2.39. The third-order valence-corrected chi connectivity index (χ3v) is 5.94. The number of halogens is 1. The molecular formula is C20H26ClN3O2S. The van der Waals surface area contributed by atoms with E-state index in [0.717, 1.165) is 40.1 Å². The zero-order chi connectivity index (χ0) is 19.7. The Labute approximate surface area is 169 Å². The fraction of sp³-hybridized carbons (Fsp3) is 0.500. The summed E-state index contributed by atoms with van der Waals surface area (Å²) in [7, 11) is 0. The van der Waals surface area contributed by atoms with E-state index in [-0.39, 0.29) is 11.5 Å². The molecule has 146 valence electrons. The topological polar surface area (TPSA) is 54.5 Å². The predicted octanol–water partition coefficient (Wildman–Crippen LogP) is 5.20. The van der Waals surface area contributed by atoms with Crippen LogP contribution in [0.25, 0.3) is 10.4 Å². The molecule has 7 heteroatoms. The summed E-state index contributed by atoms with van der Waals surface area (Å²) < 4.78 is 5.33. The maximum Gasteiger partial charge on any atom is 0.407 e. The number of amides is 1. The number of hydrogen-bond donors (Lipinski definition) is 1. The molecule has 0 spiro atoms. The van der Waals surface area contributed by atoms with Crippen molar-refractivity contribution in [3.05, 3.63) is 35.5 Å². The van der Waals surface area contributed by atoms with Crippen LogP contribution in [-0.4, -0.2) is 36.3 Å². The van der Waals surface area contributed by atoms with E-state index in [9.17, 15) is 4.79 Å². The standard InChI is InChI=1S/C20H26ClN3O2S/c1-19(2,3)26-18(25)23-12-20(4)9-10-24(13-20)17-22-11-16(27-17)14-7-5-6-8-15(14)21/h5-8,11H,9-10,12-13H2,1-4H3,(H,23,25). The van der Waals surface area contributed by atoms with Crippen LogP contribution in [-0.2, 0) is 4.74 Å². The minimum Gasteiger partial charge on any atom is -0.444 e. The van der Waals surface area contributed by atoms with Gasteiger partial charge in [-0.1, -0.05) is 48.1 Å². The Morgan fingerprint density at radius 3 is 2.85 bits per heavy atom. The van der Waals surface area contributed by atoms with Gasteiger partial charge in [-0.25, -0.2) is 9.78 Å². The first-order valence-corrected chi connectivity index (χ1v) is 10.3. The van der Waals surface area contributed by atoms with Crippen LogP contribution in [0.4, 0.5) is 9.93 Å². The Balaban J connectivity index is 1.61. The van der Waals surface area contributed by atoms with Gasteiger partial charge in [0.15, 0.2) is 5.13 Å². The summed E-state index contributed by atoms with van der Waals surface area (Å²) in [6, 6.07) is 7.82. The molecular weight excluding hydrogens is 382 g/mol. The minimum atomic E-state index is -0.483. The molecule has 1 aromatic heterocycles. The Morgan fingerprint density at radius 1 is 1.41 bits per heavy atom. The van der Waals surface area contributed by atoms with Gasteiger partial charge in [-0.15, -0.1) is 0 Å². The van der Waals surface area contributed by atoms with Crippen LogP contribution in [0.2, 0.25) is 5.02 Å². The molecule has 1 aliphatic rings. The number of carbonyl (C=O) groups excluding carboxylic acids is 1. The molecule has 1 N–H and O–H groups in total. The first-order valence-electron chi connectivity index (χ1n) is 9.08. The van der Waals surface area contributed by atoms with E-state index in [1.807, 2.05) is 51.2 Å². The zero-order valence-corrected chi connectivity index (χ0v) is 17.8. The van der Waals surface area contributed by atoms with Crippen LogP contribution in [0, 0.1) is 5.41 Å². The molecule has 1 atom stereocenters. The van der Waals surface area contributed by atoms with Crippen LogP contribution >= 0.6 is 22.9 Å². The van der Waals surface area contributed by atoms with Crippen LogP contribution in [0.3, 0.4) is 0 Å². The van der Waals surface area contributed by atoms with Crippen LogP contribution in [0.5, 0.6) is 0 Å². The predicted molar refractivity (Wildman–Crippen MR) is 112 cm³/mol. The number of aromatic nitrogens is 1. The van der Waals surface area contributed by atoms with E-state index in [4.69, 9.17) is 16.3 Å². The Morgan fingerprint density at radius 2 is 2.15 bits per heavy atom. The van der Waals surface area contributed by atoms with Gasteiger partial charge in [0.25, 0.3) is 0 Å². The molecule has 3 rings (SSSR count). The number of alkyl carbamates (subject to hydrolysis) is 1. The molecule has 0 radical (unpaired) electrons. The molecule has 0 bridgehead atoms. The van der Waals surface area contributed by atoms with Crippen molar-refractivity contribution in [3.8, 4) is 10.4 Å². The second kappa shape index (κ2) is 7.68. The van der Waals surface area contributed by atoms with Gasteiger partial charge in [0, 0.05) is 41.8 Å². The first kappa shape index (κ1) is 20.0. The fourth-order valence-corrected chi connectivity index (χ4v) is 4.40. The van der Waals surface area contributed by atoms with Crippen molar-refractivity contribution < 1.29 is 9.53 Å². The molecule has 1 aliphatic heterocycles. The molecule has 1 fully saturated rings. The lowest BCUT2D eigenvalue weighted by Gasteiger charge is -2.26. The molecule has 1 unspecified atom stereocenters. The fourth-order valence-electron chi connectivity index (χ4n) is 3.13. The molecule has 0 saturated carbocycles. The lowest BCUT2D eigenvalue weighted by molar-refractivity contribution is 0.0507. The maximum absolute atomic E-state index is 11.9. The molecule has 1 amide bonds. The Bertz CT molecular complexity index is 818. The van der Waals surface area contributed by atoms with Gasteiger partial charge in [-0.3, -0.25) is 0 Å². The summed E-state index contributed by atoms with van der Waals surface area (Å²) in [5, 5.41) is 4.64. The van der Waals surface area contributed by atoms with Crippen molar-refractivity contribution in [2.75, 3.05) is 24.5 Å². The van der Waals surface area contributed by atoms with E-state index in [1.54, 1.807) is 11.3 Å².